The van der Waals surface area contributed by atoms with E-state index in [1.165, 1.54) is 18.1 Å². The number of halogens is 1. The van der Waals surface area contributed by atoms with Gasteiger partial charge in [-0.1, -0.05) is 22.0 Å². The van der Waals surface area contributed by atoms with Crippen LogP contribution in [0.1, 0.15) is 39.5 Å². The molecule has 0 spiro atoms. The summed E-state index contributed by atoms with van der Waals surface area (Å²) >= 11 is 3.23. The van der Waals surface area contributed by atoms with Crippen LogP contribution < -0.4 is 4.74 Å². The van der Waals surface area contributed by atoms with E-state index in [4.69, 9.17) is 10.00 Å². The van der Waals surface area contributed by atoms with Gasteiger partial charge in [0.15, 0.2) is 5.78 Å². The summed E-state index contributed by atoms with van der Waals surface area (Å²) in [7, 11) is 0. The molecule has 3 nitrogen and oxygen atoms in total. The molecule has 0 bridgehead atoms. The van der Waals surface area contributed by atoms with Crippen LogP contribution in [0, 0.1) is 39.0 Å². The molecule has 2 aromatic rings. The molecule has 126 valence electrons. The van der Waals surface area contributed by atoms with Crippen molar-refractivity contribution >= 4 is 21.7 Å². The Morgan fingerprint density at radius 1 is 1.00 bits per heavy atom. The van der Waals surface area contributed by atoms with Crippen LogP contribution in [0.2, 0.25) is 0 Å². The third-order valence-electron chi connectivity index (χ3n) is 3.34. The summed E-state index contributed by atoms with van der Waals surface area (Å²) in [4.78, 5) is 11.9. The van der Waals surface area contributed by atoms with Gasteiger partial charge in [-0.05, 0) is 74.2 Å². The normalized spacial score (nSPS) is 9.54. The van der Waals surface area contributed by atoms with Gasteiger partial charge in [-0.25, -0.2) is 0 Å². The first-order chi connectivity index (χ1) is 11.3. The maximum Gasteiger partial charge on any atom is 0.173 e. The number of ether oxygens (including phenoxy) is 1. The van der Waals surface area contributed by atoms with Crippen molar-refractivity contribution in [2.24, 2.45) is 0 Å². The number of nitrogens with zero attached hydrogens (tertiary/aromatic N) is 1. The lowest BCUT2D eigenvalue weighted by Gasteiger charge is -2.13. The third-order valence-corrected chi connectivity index (χ3v) is 3.85. The Kier molecular flexibility index (Phi) is 7.67. The Morgan fingerprint density at radius 2 is 1.42 bits per heavy atom. The first-order valence-corrected chi connectivity index (χ1v) is 8.72. The summed E-state index contributed by atoms with van der Waals surface area (Å²) in [5.41, 5.74) is 5.01. The number of hydrogen-bond acceptors (Lipinski definition) is 3. The molecule has 0 aliphatic heterocycles. The monoisotopic (exact) mass is 387 g/mol. The third kappa shape index (κ3) is 5.50. The predicted molar refractivity (Wildman–Crippen MR) is 101 cm³/mol. The van der Waals surface area contributed by atoms with E-state index in [0.29, 0.717) is 5.33 Å². The lowest BCUT2D eigenvalue weighted by atomic mass is 9.99. The largest absolute Gasteiger partial charge is 0.457 e. The Balaban J connectivity index is 0.000000891. The van der Waals surface area contributed by atoms with Crippen molar-refractivity contribution in [3.05, 3.63) is 58.1 Å². The van der Waals surface area contributed by atoms with Crippen LogP contribution >= 0.6 is 15.9 Å². The fourth-order valence-electron chi connectivity index (χ4n) is 2.62. The molecule has 2 aromatic carbocycles. The number of benzene rings is 2. The molecule has 0 aliphatic rings. The summed E-state index contributed by atoms with van der Waals surface area (Å²) in [5.74, 6) is 1.69. The lowest BCUT2D eigenvalue weighted by Crippen LogP contribution is -2.06. The number of carbonyl (C=O) groups excluding carboxylic acids is 1. The molecular formula is C20H22BrNO2. The van der Waals surface area contributed by atoms with Gasteiger partial charge >= 0.3 is 0 Å². The van der Waals surface area contributed by atoms with E-state index in [9.17, 15) is 4.79 Å². The van der Waals surface area contributed by atoms with Gasteiger partial charge in [-0.15, -0.1) is 0 Å². The number of rotatable bonds is 4. The van der Waals surface area contributed by atoms with Crippen LogP contribution in [0.15, 0.2) is 30.3 Å². The minimum Gasteiger partial charge on any atom is -0.457 e. The average molecular weight is 388 g/mol. The highest BCUT2D eigenvalue weighted by molar-refractivity contribution is 9.09. The van der Waals surface area contributed by atoms with Crippen molar-refractivity contribution in [1.82, 2.24) is 0 Å². The van der Waals surface area contributed by atoms with Crippen LogP contribution in [0.3, 0.4) is 0 Å². The predicted octanol–water partition coefficient (Wildman–Crippen LogP) is 5.82. The number of ketones is 1. The summed E-state index contributed by atoms with van der Waals surface area (Å²) < 4.78 is 5.95. The molecule has 24 heavy (non-hydrogen) atoms. The molecule has 0 saturated carbocycles. The van der Waals surface area contributed by atoms with Gasteiger partial charge in [0.1, 0.15) is 11.5 Å². The number of aryl methyl sites for hydroxylation is 4. The van der Waals surface area contributed by atoms with Gasteiger partial charge in [0.05, 0.1) is 11.4 Å². The van der Waals surface area contributed by atoms with E-state index in [0.717, 1.165) is 28.2 Å². The van der Waals surface area contributed by atoms with Crippen molar-refractivity contribution in [3.63, 3.8) is 0 Å². The lowest BCUT2D eigenvalue weighted by molar-refractivity contribution is 0.102. The second-order valence-corrected chi connectivity index (χ2v) is 6.20. The van der Waals surface area contributed by atoms with Crippen LogP contribution in [-0.4, -0.2) is 11.1 Å². The Bertz CT molecular complexity index is 732. The van der Waals surface area contributed by atoms with Gasteiger partial charge < -0.3 is 4.74 Å². The second kappa shape index (κ2) is 9.24. The van der Waals surface area contributed by atoms with Crippen molar-refractivity contribution in [2.45, 2.75) is 34.6 Å². The van der Waals surface area contributed by atoms with E-state index >= 15 is 0 Å². The molecule has 0 saturated heterocycles. The molecule has 0 unspecified atom stereocenters. The number of carbonyl (C=O) groups is 1. The zero-order valence-electron chi connectivity index (χ0n) is 14.7. The Hall–Kier alpha value is -2.12. The van der Waals surface area contributed by atoms with Crippen LogP contribution in [0.5, 0.6) is 11.5 Å². The van der Waals surface area contributed by atoms with Crippen LogP contribution in [0.25, 0.3) is 0 Å². The topological polar surface area (TPSA) is 50.1 Å². The Labute approximate surface area is 152 Å². The number of nitriles is 1. The summed E-state index contributed by atoms with van der Waals surface area (Å²) in [6, 6.07) is 11.7. The molecule has 0 fully saturated rings. The van der Waals surface area contributed by atoms with Crippen LogP contribution in [0.4, 0.5) is 0 Å². The Morgan fingerprint density at radius 3 is 1.83 bits per heavy atom. The number of alkyl halides is 1. The number of Topliss-reactive ketones (excluding diaryl/α,β-unsaturated/α-hetero) is 1. The molecule has 0 atom stereocenters. The molecular weight excluding hydrogens is 366 g/mol. The highest BCUT2D eigenvalue weighted by Gasteiger charge is 2.13. The molecule has 0 heterocycles. The van der Waals surface area contributed by atoms with Crippen molar-refractivity contribution in [2.75, 3.05) is 5.33 Å². The molecule has 0 radical (unpaired) electrons. The summed E-state index contributed by atoms with van der Waals surface area (Å²) in [6.45, 7) is 9.41. The van der Waals surface area contributed by atoms with Crippen molar-refractivity contribution < 1.29 is 9.53 Å². The van der Waals surface area contributed by atoms with Gasteiger partial charge in [0.2, 0.25) is 0 Å². The quantitative estimate of drug-likeness (QED) is 0.490. The van der Waals surface area contributed by atoms with E-state index in [1.54, 1.807) is 6.07 Å². The van der Waals surface area contributed by atoms with Gasteiger partial charge in [0, 0.05) is 12.5 Å². The first-order valence-electron chi connectivity index (χ1n) is 7.59. The maximum atomic E-state index is 11.9. The van der Waals surface area contributed by atoms with Crippen molar-refractivity contribution in [1.29, 1.82) is 5.26 Å². The average Bonchev–Trinajstić information content (AvgIpc) is 2.45. The van der Waals surface area contributed by atoms with E-state index in [2.05, 4.69) is 22.0 Å². The second-order valence-electron chi connectivity index (χ2n) is 5.64. The maximum absolute atomic E-state index is 11.9. The van der Waals surface area contributed by atoms with Gasteiger partial charge in [-0.2, -0.15) is 5.26 Å². The first kappa shape index (κ1) is 19.9. The molecule has 4 heteroatoms. The van der Waals surface area contributed by atoms with Gasteiger partial charge in [0.25, 0.3) is 0 Å². The molecule has 0 aliphatic carbocycles. The fraction of sp³-hybridized carbons (Fsp3) is 0.300. The van der Waals surface area contributed by atoms with E-state index < -0.39 is 0 Å². The van der Waals surface area contributed by atoms with E-state index in [1.807, 2.05) is 52.0 Å². The van der Waals surface area contributed by atoms with Gasteiger partial charge in [-0.3, -0.25) is 4.79 Å². The highest BCUT2D eigenvalue weighted by Crippen LogP contribution is 2.28. The summed E-state index contributed by atoms with van der Waals surface area (Å²) in [6.07, 6.45) is 0. The van der Waals surface area contributed by atoms with Crippen molar-refractivity contribution in [3.8, 4) is 17.6 Å². The molecule has 0 N–H and O–H groups in total. The minimum absolute atomic E-state index is 0.1000. The molecule has 2 rings (SSSR count). The minimum atomic E-state index is 0.1000. The van der Waals surface area contributed by atoms with Crippen LogP contribution in [-0.2, 0) is 0 Å². The summed E-state index contributed by atoms with van der Waals surface area (Å²) in [5, 5.41) is 7.66. The molecule has 0 amide bonds. The SMILES string of the molecule is CC#N.Cc1cc(C)cc(Oc2cc(C)c(C(=O)CBr)c(C)c2)c1. The zero-order chi connectivity index (χ0) is 18.3. The smallest absolute Gasteiger partial charge is 0.173 e. The fourth-order valence-corrected chi connectivity index (χ4v) is 2.90. The zero-order valence-corrected chi connectivity index (χ0v) is 16.3. The highest BCUT2D eigenvalue weighted by atomic mass is 79.9. The standard InChI is InChI=1S/C18H19BrO2.C2H3N/c1-11-5-12(2)7-15(6-11)21-16-8-13(3)18(14(4)9-16)17(20)10-19;1-2-3/h5-9H,10H2,1-4H3;1H3. The number of hydrogen-bond donors (Lipinski definition) is 0. The molecule has 0 aromatic heterocycles. The van der Waals surface area contributed by atoms with E-state index in [-0.39, 0.29) is 5.78 Å².